The van der Waals surface area contributed by atoms with Crippen LogP contribution in [0.1, 0.15) is 29.2 Å². The Kier molecular flexibility index (Phi) is 6.99. The van der Waals surface area contributed by atoms with Crippen LogP contribution in [-0.2, 0) is 6.61 Å². The molecule has 3 nitrogen and oxygen atoms in total. The van der Waals surface area contributed by atoms with Crippen LogP contribution >= 0.6 is 15.9 Å². The molecule has 1 N–H and O–H groups in total. The fourth-order valence-corrected chi connectivity index (χ4v) is 4.32. The summed E-state index contributed by atoms with van der Waals surface area (Å²) in [4.78, 5) is 2.58. The molecule has 1 unspecified atom stereocenters. The van der Waals surface area contributed by atoms with Gasteiger partial charge in [0.25, 0.3) is 0 Å². The van der Waals surface area contributed by atoms with Gasteiger partial charge in [0.2, 0.25) is 0 Å². The zero-order valence-electron chi connectivity index (χ0n) is 16.6. The molecule has 1 atom stereocenters. The van der Waals surface area contributed by atoms with Gasteiger partial charge in [0.15, 0.2) is 0 Å². The number of nitrogens with zero attached hydrogens (tertiary/aromatic N) is 1. The standard InChI is InChI=1S/C25H27BrN2O/c26-23-9-4-8-22(18-23)25(28-16-5-14-27-15-17-28)21-10-12-24(13-11-21)29-19-20-6-2-1-3-7-20/h1-4,6-13,18,25,27H,5,14-17,19H2. The third kappa shape index (κ3) is 5.47. The van der Waals surface area contributed by atoms with Gasteiger partial charge in [-0.25, -0.2) is 0 Å². The molecule has 0 radical (unpaired) electrons. The predicted octanol–water partition coefficient (Wildman–Crippen LogP) is 5.41. The van der Waals surface area contributed by atoms with Crippen LogP contribution in [0.15, 0.2) is 83.3 Å². The Morgan fingerprint density at radius 3 is 2.48 bits per heavy atom. The number of nitrogens with one attached hydrogen (secondary N) is 1. The lowest BCUT2D eigenvalue weighted by molar-refractivity contribution is 0.240. The summed E-state index contributed by atoms with van der Waals surface area (Å²) < 4.78 is 7.11. The van der Waals surface area contributed by atoms with Crippen molar-refractivity contribution in [3.63, 3.8) is 0 Å². The van der Waals surface area contributed by atoms with Crippen LogP contribution < -0.4 is 10.1 Å². The number of ether oxygens (including phenoxy) is 1. The first-order valence-corrected chi connectivity index (χ1v) is 11.1. The van der Waals surface area contributed by atoms with E-state index in [1.54, 1.807) is 0 Å². The van der Waals surface area contributed by atoms with Crippen LogP contribution in [0.5, 0.6) is 5.75 Å². The van der Waals surface area contributed by atoms with Gasteiger partial charge < -0.3 is 10.1 Å². The molecule has 0 aromatic heterocycles. The van der Waals surface area contributed by atoms with Crippen molar-refractivity contribution >= 4 is 15.9 Å². The molecule has 150 valence electrons. The zero-order chi connectivity index (χ0) is 19.9. The van der Waals surface area contributed by atoms with Gasteiger partial charge in [-0.3, -0.25) is 4.90 Å². The lowest BCUT2D eigenvalue weighted by atomic mass is 9.96. The van der Waals surface area contributed by atoms with Gasteiger partial charge in [0.05, 0.1) is 6.04 Å². The predicted molar refractivity (Wildman–Crippen MR) is 122 cm³/mol. The third-order valence-corrected chi connectivity index (χ3v) is 5.84. The summed E-state index contributed by atoms with van der Waals surface area (Å²) in [6.45, 7) is 4.85. The maximum absolute atomic E-state index is 5.99. The highest BCUT2D eigenvalue weighted by atomic mass is 79.9. The average Bonchev–Trinajstić information content (AvgIpc) is 3.04. The van der Waals surface area contributed by atoms with Crippen molar-refractivity contribution in [3.8, 4) is 5.75 Å². The largest absolute Gasteiger partial charge is 0.489 e. The highest BCUT2D eigenvalue weighted by Gasteiger charge is 2.23. The van der Waals surface area contributed by atoms with Crippen molar-refractivity contribution in [3.05, 3.63) is 100 Å². The molecule has 0 amide bonds. The summed E-state index contributed by atoms with van der Waals surface area (Å²) in [5.74, 6) is 0.906. The minimum atomic E-state index is 0.246. The molecule has 1 aliphatic rings. The van der Waals surface area contributed by atoms with E-state index in [1.807, 2.05) is 18.2 Å². The van der Waals surface area contributed by atoms with Crippen molar-refractivity contribution < 1.29 is 4.74 Å². The number of benzene rings is 3. The van der Waals surface area contributed by atoms with E-state index < -0.39 is 0 Å². The van der Waals surface area contributed by atoms with Crippen LogP contribution in [0.3, 0.4) is 0 Å². The van der Waals surface area contributed by atoms with Crippen molar-refractivity contribution in [2.24, 2.45) is 0 Å². The van der Waals surface area contributed by atoms with Gasteiger partial charge in [-0.05, 0) is 53.9 Å². The number of hydrogen-bond donors (Lipinski definition) is 1. The first-order chi connectivity index (χ1) is 14.3. The molecule has 3 aromatic rings. The third-order valence-electron chi connectivity index (χ3n) is 5.35. The lowest BCUT2D eigenvalue weighted by Crippen LogP contribution is -2.33. The zero-order valence-corrected chi connectivity index (χ0v) is 18.1. The smallest absolute Gasteiger partial charge is 0.119 e. The van der Waals surface area contributed by atoms with Gasteiger partial charge in [-0.15, -0.1) is 0 Å². The van der Waals surface area contributed by atoms with Gasteiger partial charge in [-0.2, -0.15) is 0 Å². The number of rotatable bonds is 6. The topological polar surface area (TPSA) is 24.5 Å². The van der Waals surface area contributed by atoms with Crippen LogP contribution in [0.4, 0.5) is 0 Å². The normalized spacial score (nSPS) is 16.2. The molecular formula is C25H27BrN2O. The van der Waals surface area contributed by atoms with E-state index in [0.717, 1.165) is 36.4 Å². The highest BCUT2D eigenvalue weighted by molar-refractivity contribution is 9.10. The Morgan fingerprint density at radius 2 is 1.69 bits per heavy atom. The van der Waals surface area contributed by atoms with Crippen molar-refractivity contribution in [2.75, 3.05) is 26.2 Å². The SMILES string of the molecule is Brc1cccc(C(c2ccc(OCc3ccccc3)cc2)N2CCCNCC2)c1. The minimum Gasteiger partial charge on any atom is -0.489 e. The summed E-state index contributed by atoms with van der Waals surface area (Å²) in [6, 6.07) is 27.8. The first kappa shape index (κ1) is 20.1. The van der Waals surface area contributed by atoms with Gasteiger partial charge >= 0.3 is 0 Å². The second kappa shape index (κ2) is 10.1. The minimum absolute atomic E-state index is 0.246. The second-order valence-electron chi connectivity index (χ2n) is 7.44. The molecule has 0 aliphatic carbocycles. The molecule has 4 rings (SSSR count). The van der Waals surface area contributed by atoms with E-state index in [-0.39, 0.29) is 6.04 Å². The first-order valence-electron chi connectivity index (χ1n) is 10.3. The van der Waals surface area contributed by atoms with Gasteiger partial charge in [0.1, 0.15) is 12.4 Å². The van der Waals surface area contributed by atoms with E-state index in [4.69, 9.17) is 4.74 Å². The van der Waals surface area contributed by atoms with Crippen molar-refractivity contribution in [1.29, 1.82) is 0 Å². The molecule has 1 saturated heterocycles. The van der Waals surface area contributed by atoms with E-state index in [1.165, 1.54) is 23.1 Å². The molecular weight excluding hydrogens is 424 g/mol. The van der Waals surface area contributed by atoms with E-state index in [2.05, 4.69) is 86.8 Å². The average molecular weight is 451 g/mol. The summed E-state index contributed by atoms with van der Waals surface area (Å²) >= 11 is 3.65. The Labute approximate surface area is 181 Å². The summed E-state index contributed by atoms with van der Waals surface area (Å²) in [6.07, 6.45) is 1.17. The monoisotopic (exact) mass is 450 g/mol. The maximum atomic E-state index is 5.99. The molecule has 1 aliphatic heterocycles. The van der Waals surface area contributed by atoms with E-state index in [9.17, 15) is 0 Å². The summed E-state index contributed by atoms with van der Waals surface area (Å²) in [5.41, 5.74) is 3.80. The lowest BCUT2D eigenvalue weighted by Gasteiger charge is -2.31. The van der Waals surface area contributed by atoms with E-state index in [0.29, 0.717) is 6.61 Å². The van der Waals surface area contributed by atoms with Crippen LogP contribution in [-0.4, -0.2) is 31.1 Å². The molecule has 0 spiro atoms. The molecule has 29 heavy (non-hydrogen) atoms. The van der Waals surface area contributed by atoms with Gasteiger partial charge in [-0.1, -0.05) is 70.5 Å². The molecule has 0 saturated carbocycles. The van der Waals surface area contributed by atoms with Crippen LogP contribution in [0.25, 0.3) is 0 Å². The molecule has 1 fully saturated rings. The Hall–Kier alpha value is -2.14. The summed E-state index contributed by atoms with van der Waals surface area (Å²) in [7, 11) is 0. The fraction of sp³-hybridized carbons (Fsp3) is 0.280. The maximum Gasteiger partial charge on any atom is 0.119 e. The fourth-order valence-electron chi connectivity index (χ4n) is 3.90. The molecule has 0 bridgehead atoms. The quantitative estimate of drug-likeness (QED) is 0.542. The molecule has 4 heteroatoms. The van der Waals surface area contributed by atoms with Crippen LogP contribution in [0.2, 0.25) is 0 Å². The van der Waals surface area contributed by atoms with Crippen LogP contribution in [0, 0.1) is 0 Å². The van der Waals surface area contributed by atoms with Crippen molar-refractivity contribution in [2.45, 2.75) is 19.1 Å². The highest BCUT2D eigenvalue weighted by Crippen LogP contribution is 2.32. The second-order valence-corrected chi connectivity index (χ2v) is 8.36. The number of hydrogen-bond acceptors (Lipinski definition) is 3. The number of halogens is 1. The Morgan fingerprint density at radius 1 is 0.862 bits per heavy atom. The Bertz CT molecular complexity index is 890. The van der Waals surface area contributed by atoms with Crippen molar-refractivity contribution in [1.82, 2.24) is 10.2 Å². The molecule has 1 heterocycles. The summed E-state index contributed by atoms with van der Waals surface area (Å²) in [5, 5.41) is 3.52. The Balaban J connectivity index is 1.55. The molecule has 3 aromatic carbocycles. The van der Waals surface area contributed by atoms with Gasteiger partial charge in [0, 0.05) is 24.1 Å². The van der Waals surface area contributed by atoms with E-state index >= 15 is 0 Å².